The number of hydrogen-bond acceptors (Lipinski definition) is 4. The molecule has 0 saturated carbocycles. The molecule has 1 aromatic carbocycles. The van der Waals surface area contributed by atoms with Crippen LogP contribution in [0.15, 0.2) is 42.6 Å². The van der Waals surface area contributed by atoms with Gasteiger partial charge in [0.1, 0.15) is 11.9 Å². The van der Waals surface area contributed by atoms with Crippen molar-refractivity contribution in [3.8, 4) is 17.0 Å². The molecule has 2 bridgehead atoms. The van der Waals surface area contributed by atoms with Gasteiger partial charge in [0.2, 0.25) is 0 Å². The second kappa shape index (κ2) is 5.85. The van der Waals surface area contributed by atoms with Gasteiger partial charge in [-0.25, -0.2) is 0 Å². The molecule has 2 atom stereocenters. The van der Waals surface area contributed by atoms with E-state index in [9.17, 15) is 0 Å². The van der Waals surface area contributed by atoms with Crippen LogP contribution in [0.5, 0.6) is 5.75 Å². The third-order valence-electron chi connectivity index (χ3n) is 5.30. The lowest BCUT2D eigenvalue weighted by Crippen LogP contribution is -2.43. The van der Waals surface area contributed by atoms with Gasteiger partial charge in [-0.3, -0.25) is 4.98 Å². The third-order valence-corrected chi connectivity index (χ3v) is 5.30. The van der Waals surface area contributed by atoms with Crippen LogP contribution in [0.1, 0.15) is 25.7 Å². The molecule has 2 saturated heterocycles. The Morgan fingerprint density at radius 1 is 1.04 bits per heavy atom. The molecule has 0 radical (unpaired) electrons. The van der Waals surface area contributed by atoms with Crippen LogP contribution >= 0.6 is 0 Å². The van der Waals surface area contributed by atoms with Crippen LogP contribution in [-0.2, 0) is 0 Å². The molecule has 1 aromatic heterocycles. The Morgan fingerprint density at radius 2 is 1.74 bits per heavy atom. The number of rotatable bonds is 3. The van der Waals surface area contributed by atoms with Crippen molar-refractivity contribution >= 4 is 5.69 Å². The molecule has 4 nitrogen and oxygen atoms in total. The molecule has 2 aliphatic heterocycles. The molecular weight excluding hydrogens is 286 g/mol. The predicted molar refractivity (Wildman–Crippen MR) is 92.3 cm³/mol. The van der Waals surface area contributed by atoms with E-state index in [0.29, 0.717) is 18.2 Å². The zero-order chi connectivity index (χ0) is 15.8. The highest BCUT2D eigenvalue weighted by Gasteiger charge is 2.39. The molecule has 4 heteroatoms. The topological polar surface area (TPSA) is 51.4 Å². The van der Waals surface area contributed by atoms with Gasteiger partial charge >= 0.3 is 0 Å². The van der Waals surface area contributed by atoms with Crippen molar-refractivity contribution in [3.63, 3.8) is 0 Å². The average Bonchev–Trinajstić information content (AvgIpc) is 2.78. The van der Waals surface area contributed by atoms with E-state index in [0.717, 1.165) is 35.5 Å². The number of hydrogen-bond donors (Lipinski definition) is 1. The summed E-state index contributed by atoms with van der Waals surface area (Å²) in [5, 5.41) is 0. The summed E-state index contributed by atoms with van der Waals surface area (Å²) in [6.45, 7) is 0. The van der Waals surface area contributed by atoms with Gasteiger partial charge < -0.3 is 15.4 Å². The molecule has 2 fully saturated rings. The van der Waals surface area contributed by atoms with Gasteiger partial charge in [-0.15, -0.1) is 0 Å². The summed E-state index contributed by atoms with van der Waals surface area (Å²) in [7, 11) is 2.25. The summed E-state index contributed by atoms with van der Waals surface area (Å²) >= 11 is 0. The Labute approximate surface area is 137 Å². The van der Waals surface area contributed by atoms with Gasteiger partial charge in [0.15, 0.2) is 0 Å². The van der Waals surface area contributed by atoms with E-state index < -0.39 is 0 Å². The molecule has 0 spiro atoms. The largest absolute Gasteiger partial charge is 0.489 e. The molecule has 2 N–H and O–H groups in total. The summed E-state index contributed by atoms with van der Waals surface area (Å²) in [6, 6.07) is 13.2. The lowest BCUT2D eigenvalue weighted by Gasteiger charge is -2.36. The Bertz CT molecular complexity index is 654. The summed E-state index contributed by atoms with van der Waals surface area (Å²) in [4.78, 5) is 7.07. The lowest BCUT2D eigenvalue weighted by molar-refractivity contribution is 0.0659. The Kier molecular flexibility index (Phi) is 3.69. The summed E-state index contributed by atoms with van der Waals surface area (Å²) in [6.07, 6.45) is 7.06. The first-order valence-electron chi connectivity index (χ1n) is 8.39. The number of ether oxygens (including phenoxy) is 1. The molecule has 3 heterocycles. The van der Waals surface area contributed by atoms with E-state index in [2.05, 4.69) is 16.9 Å². The Balaban J connectivity index is 1.43. The summed E-state index contributed by atoms with van der Waals surface area (Å²) < 4.78 is 6.19. The highest BCUT2D eigenvalue weighted by molar-refractivity contribution is 5.62. The first-order valence-corrected chi connectivity index (χ1v) is 8.39. The van der Waals surface area contributed by atoms with Gasteiger partial charge in [-0.05, 0) is 57.0 Å². The highest BCUT2D eigenvalue weighted by atomic mass is 16.5. The molecular formula is C19H23N3O. The van der Waals surface area contributed by atoms with Crippen molar-refractivity contribution in [2.24, 2.45) is 0 Å². The number of fused-ring (bicyclic) bond motifs is 2. The van der Waals surface area contributed by atoms with Gasteiger partial charge in [-0.1, -0.05) is 12.1 Å². The quantitative estimate of drug-likeness (QED) is 0.884. The number of benzene rings is 1. The minimum atomic E-state index is 0.327. The van der Waals surface area contributed by atoms with Crippen molar-refractivity contribution in [2.45, 2.75) is 43.9 Å². The third kappa shape index (κ3) is 2.91. The zero-order valence-corrected chi connectivity index (χ0v) is 13.5. The van der Waals surface area contributed by atoms with Crippen LogP contribution in [0, 0.1) is 0 Å². The Hall–Kier alpha value is -2.07. The van der Waals surface area contributed by atoms with Crippen LogP contribution in [0.2, 0.25) is 0 Å². The van der Waals surface area contributed by atoms with Gasteiger partial charge in [0, 0.05) is 23.3 Å². The number of piperidine rings is 1. The predicted octanol–water partition coefficient (Wildman–Crippen LogP) is 3.33. The number of nitrogen functional groups attached to an aromatic ring is 1. The van der Waals surface area contributed by atoms with E-state index in [1.807, 2.05) is 42.6 Å². The monoisotopic (exact) mass is 309 g/mol. The SMILES string of the molecule is CN1C2CCC1CC(Oc1ccc(-c3ccc(N)cc3)nc1)C2. The molecule has 0 amide bonds. The number of nitrogens with two attached hydrogens (primary N) is 1. The first kappa shape index (κ1) is 14.5. The van der Waals surface area contributed by atoms with Gasteiger partial charge in [-0.2, -0.15) is 0 Å². The summed E-state index contributed by atoms with van der Waals surface area (Å²) in [5.41, 5.74) is 8.51. The van der Waals surface area contributed by atoms with Crippen molar-refractivity contribution in [1.29, 1.82) is 0 Å². The first-order chi connectivity index (χ1) is 11.2. The molecule has 4 rings (SSSR count). The fourth-order valence-corrected chi connectivity index (χ4v) is 3.92. The van der Waals surface area contributed by atoms with Crippen LogP contribution < -0.4 is 10.5 Å². The molecule has 2 aliphatic rings. The highest BCUT2D eigenvalue weighted by Crippen LogP contribution is 2.36. The van der Waals surface area contributed by atoms with Crippen LogP contribution in [-0.4, -0.2) is 35.1 Å². The standard InChI is InChI=1S/C19H23N3O/c1-22-15-6-7-16(22)11-18(10-15)23-17-8-9-19(21-12-17)13-2-4-14(20)5-3-13/h2-5,8-9,12,15-16,18H,6-7,10-11,20H2,1H3. The normalized spacial score (nSPS) is 27.1. The maximum Gasteiger partial charge on any atom is 0.138 e. The van der Waals surface area contributed by atoms with E-state index in [-0.39, 0.29) is 0 Å². The fourth-order valence-electron chi connectivity index (χ4n) is 3.92. The number of pyridine rings is 1. The van der Waals surface area contributed by atoms with Crippen molar-refractivity contribution in [3.05, 3.63) is 42.6 Å². The maximum atomic E-state index is 6.19. The average molecular weight is 309 g/mol. The lowest BCUT2D eigenvalue weighted by atomic mass is 10.0. The van der Waals surface area contributed by atoms with Crippen LogP contribution in [0.4, 0.5) is 5.69 Å². The number of anilines is 1. The smallest absolute Gasteiger partial charge is 0.138 e. The second-order valence-electron chi connectivity index (χ2n) is 6.76. The maximum absolute atomic E-state index is 6.19. The van der Waals surface area contributed by atoms with E-state index in [1.54, 1.807) is 0 Å². The Morgan fingerprint density at radius 3 is 2.35 bits per heavy atom. The van der Waals surface area contributed by atoms with Crippen molar-refractivity contribution < 1.29 is 4.74 Å². The van der Waals surface area contributed by atoms with Gasteiger partial charge in [0.25, 0.3) is 0 Å². The van der Waals surface area contributed by atoms with E-state index in [4.69, 9.17) is 10.5 Å². The van der Waals surface area contributed by atoms with Crippen LogP contribution in [0.3, 0.4) is 0 Å². The molecule has 2 aromatic rings. The minimum absolute atomic E-state index is 0.327. The molecule has 0 aliphatic carbocycles. The second-order valence-corrected chi connectivity index (χ2v) is 6.76. The van der Waals surface area contributed by atoms with Gasteiger partial charge in [0.05, 0.1) is 11.9 Å². The molecule has 23 heavy (non-hydrogen) atoms. The van der Waals surface area contributed by atoms with Crippen LogP contribution in [0.25, 0.3) is 11.3 Å². The van der Waals surface area contributed by atoms with E-state index in [1.165, 1.54) is 12.8 Å². The number of nitrogens with zero attached hydrogens (tertiary/aromatic N) is 2. The molecule has 2 unspecified atom stereocenters. The van der Waals surface area contributed by atoms with Crippen molar-refractivity contribution in [2.75, 3.05) is 12.8 Å². The summed E-state index contributed by atoms with van der Waals surface area (Å²) in [5.74, 6) is 0.873. The number of aromatic nitrogens is 1. The zero-order valence-electron chi connectivity index (χ0n) is 13.5. The van der Waals surface area contributed by atoms with E-state index >= 15 is 0 Å². The van der Waals surface area contributed by atoms with Crippen molar-refractivity contribution in [1.82, 2.24) is 9.88 Å². The minimum Gasteiger partial charge on any atom is -0.489 e. The fraction of sp³-hybridized carbons (Fsp3) is 0.421. The molecule has 120 valence electrons.